The lowest BCUT2D eigenvalue weighted by molar-refractivity contribution is 0.474. The third kappa shape index (κ3) is 5.89. The van der Waals surface area contributed by atoms with Gasteiger partial charge in [-0.05, 0) is 55.4 Å². The van der Waals surface area contributed by atoms with Gasteiger partial charge in [0.2, 0.25) is 0 Å². The molecular formula is C15H26N2S. The average molecular weight is 266 g/mol. The van der Waals surface area contributed by atoms with Crippen molar-refractivity contribution in [2.75, 3.05) is 25.4 Å². The van der Waals surface area contributed by atoms with E-state index in [0.717, 1.165) is 38.2 Å². The third-order valence-electron chi connectivity index (χ3n) is 3.17. The number of rotatable bonds is 9. The molecule has 0 fully saturated rings. The summed E-state index contributed by atoms with van der Waals surface area (Å²) in [5, 5.41) is 3.49. The fraction of sp³-hybridized carbons (Fsp3) is 0.600. The van der Waals surface area contributed by atoms with Gasteiger partial charge in [-0.1, -0.05) is 32.4 Å². The predicted octanol–water partition coefficient (Wildman–Crippen LogP) is 2.92. The highest BCUT2D eigenvalue weighted by atomic mass is 32.2. The molecule has 0 aromatic heterocycles. The Labute approximate surface area is 116 Å². The van der Waals surface area contributed by atoms with Crippen molar-refractivity contribution in [3.8, 4) is 0 Å². The second-order valence-corrected chi connectivity index (χ2v) is 5.88. The van der Waals surface area contributed by atoms with Crippen molar-refractivity contribution in [3.05, 3.63) is 29.8 Å². The van der Waals surface area contributed by atoms with Crippen molar-refractivity contribution in [2.24, 2.45) is 11.7 Å². The van der Waals surface area contributed by atoms with Crippen LogP contribution in [0, 0.1) is 5.92 Å². The Hall–Kier alpha value is -0.510. The number of benzene rings is 1. The highest BCUT2D eigenvalue weighted by molar-refractivity contribution is 7.99. The van der Waals surface area contributed by atoms with Gasteiger partial charge < -0.3 is 11.1 Å². The molecule has 1 unspecified atom stereocenters. The van der Waals surface area contributed by atoms with E-state index in [0.29, 0.717) is 5.92 Å². The van der Waals surface area contributed by atoms with Crippen molar-refractivity contribution < 1.29 is 0 Å². The van der Waals surface area contributed by atoms with E-state index in [1.807, 2.05) is 11.8 Å². The molecule has 1 rings (SSSR count). The lowest BCUT2D eigenvalue weighted by atomic mass is 10.1. The van der Waals surface area contributed by atoms with Gasteiger partial charge in [-0.25, -0.2) is 0 Å². The molecule has 0 aliphatic carbocycles. The monoisotopic (exact) mass is 266 g/mol. The van der Waals surface area contributed by atoms with E-state index in [9.17, 15) is 0 Å². The van der Waals surface area contributed by atoms with Crippen molar-refractivity contribution in [1.82, 2.24) is 5.32 Å². The number of nitrogens with one attached hydrogen (secondary N) is 1. The Morgan fingerprint density at radius 1 is 1.22 bits per heavy atom. The lowest BCUT2D eigenvalue weighted by Crippen LogP contribution is -2.29. The first-order valence-electron chi connectivity index (χ1n) is 6.92. The maximum Gasteiger partial charge on any atom is 0.00720 e. The summed E-state index contributed by atoms with van der Waals surface area (Å²) in [4.78, 5) is 1.36. The zero-order chi connectivity index (χ0) is 13.2. The predicted molar refractivity (Wildman–Crippen MR) is 82.2 cm³/mol. The van der Waals surface area contributed by atoms with Crippen molar-refractivity contribution in [1.29, 1.82) is 0 Å². The molecule has 0 amide bonds. The van der Waals surface area contributed by atoms with E-state index >= 15 is 0 Å². The first kappa shape index (κ1) is 15.5. The van der Waals surface area contributed by atoms with Crippen LogP contribution in [0.25, 0.3) is 0 Å². The summed E-state index contributed by atoms with van der Waals surface area (Å²) >= 11 is 1.89. The molecule has 0 saturated heterocycles. The summed E-state index contributed by atoms with van der Waals surface area (Å²) in [5.74, 6) is 1.76. The van der Waals surface area contributed by atoms with Gasteiger partial charge in [-0.3, -0.25) is 0 Å². The fourth-order valence-electron chi connectivity index (χ4n) is 1.85. The largest absolute Gasteiger partial charge is 0.330 e. The molecule has 0 bridgehead atoms. The zero-order valence-electron chi connectivity index (χ0n) is 11.6. The Morgan fingerprint density at radius 3 is 2.50 bits per heavy atom. The van der Waals surface area contributed by atoms with E-state index in [1.54, 1.807) is 0 Å². The Morgan fingerprint density at radius 2 is 1.94 bits per heavy atom. The van der Waals surface area contributed by atoms with Crippen LogP contribution in [0.4, 0.5) is 0 Å². The highest BCUT2D eigenvalue weighted by Gasteiger charge is 2.02. The van der Waals surface area contributed by atoms with E-state index in [-0.39, 0.29) is 0 Å². The minimum atomic E-state index is 0.619. The van der Waals surface area contributed by atoms with Gasteiger partial charge in [0, 0.05) is 4.90 Å². The Bertz CT molecular complexity index is 307. The van der Waals surface area contributed by atoms with E-state index in [4.69, 9.17) is 5.73 Å². The van der Waals surface area contributed by atoms with Crippen LogP contribution < -0.4 is 11.1 Å². The minimum absolute atomic E-state index is 0.619. The molecule has 0 radical (unpaired) electrons. The number of nitrogens with two attached hydrogens (primary N) is 1. The van der Waals surface area contributed by atoms with Crippen LogP contribution in [0.5, 0.6) is 0 Å². The van der Waals surface area contributed by atoms with Crippen LogP contribution in [-0.4, -0.2) is 25.4 Å². The van der Waals surface area contributed by atoms with Crippen molar-refractivity contribution in [2.45, 2.75) is 31.6 Å². The van der Waals surface area contributed by atoms with Gasteiger partial charge in [-0.15, -0.1) is 11.8 Å². The molecule has 3 N–H and O–H groups in total. The summed E-state index contributed by atoms with van der Waals surface area (Å²) in [7, 11) is 0. The van der Waals surface area contributed by atoms with Crippen LogP contribution in [0.3, 0.4) is 0 Å². The van der Waals surface area contributed by atoms with E-state index in [2.05, 4.69) is 43.4 Å². The second-order valence-electron chi connectivity index (χ2n) is 4.54. The molecule has 0 saturated carbocycles. The normalized spacial score (nSPS) is 12.6. The van der Waals surface area contributed by atoms with Crippen LogP contribution in [0.2, 0.25) is 0 Å². The first-order valence-corrected chi connectivity index (χ1v) is 7.91. The molecule has 1 aromatic carbocycles. The summed E-state index contributed by atoms with van der Waals surface area (Å²) in [6.45, 7) is 7.24. The quantitative estimate of drug-likeness (QED) is 0.533. The maximum atomic E-state index is 5.68. The van der Waals surface area contributed by atoms with Crippen molar-refractivity contribution >= 4 is 11.8 Å². The van der Waals surface area contributed by atoms with Crippen LogP contribution >= 0.6 is 11.8 Å². The zero-order valence-corrected chi connectivity index (χ0v) is 12.4. The Balaban J connectivity index is 2.22. The van der Waals surface area contributed by atoms with Crippen LogP contribution in [-0.2, 0) is 6.42 Å². The smallest absolute Gasteiger partial charge is 0.00720 e. The third-order valence-corrected chi connectivity index (χ3v) is 4.06. The number of hydrogen-bond donors (Lipinski definition) is 2. The average Bonchev–Trinajstić information content (AvgIpc) is 2.41. The summed E-state index contributed by atoms with van der Waals surface area (Å²) in [6, 6.07) is 8.91. The van der Waals surface area contributed by atoms with Crippen LogP contribution in [0.1, 0.15) is 25.8 Å². The van der Waals surface area contributed by atoms with Gasteiger partial charge in [0.05, 0.1) is 0 Å². The highest BCUT2D eigenvalue weighted by Crippen LogP contribution is 2.17. The van der Waals surface area contributed by atoms with Crippen LogP contribution in [0.15, 0.2) is 29.2 Å². The molecule has 1 aromatic rings. The standard InChI is InChI=1S/C15H26N2S/c1-3-13(11-16)12-17-10-9-14-5-7-15(8-6-14)18-4-2/h5-8,13,17H,3-4,9-12,16H2,1-2H3. The molecule has 2 nitrogen and oxygen atoms in total. The summed E-state index contributed by atoms with van der Waals surface area (Å²) in [5.41, 5.74) is 7.09. The second kappa shape index (κ2) is 9.42. The van der Waals surface area contributed by atoms with E-state index < -0.39 is 0 Å². The van der Waals surface area contributed by atoms with E-state index in [1.165, 1.54) is 10.5 Å². The topological polar surface area (TPSA) is 38.0 Å². The molecule has 1 atom stereocenters. The molecule has 0 heterocycles. The molecule has 0 spiro atoms. The molecular weight excluding hydrogens is 240 g/mol. The van der Waals surface area contributed by atoms with Crippen molar-refractivity contribution in [3.63, 3.8) is 0 Å². The molecule has 0 aliphatic rings. The van der Waals surface area contributed by atoms with Gasteiger partial charge >= 0.3 is 0 Å². The van der Waals surface area contributed by atoms with Gasteiger partial charge in [-0.2, -0.15) is 0 Å². The molecule has 102 valence electrons. The van der Waals surface area contributed by atoms with Gasteiger partial charge in [0.15, 0.2) is 0 Å². The molecule has 18 heavy (non-hydrogen) atoms. The number of hydrogen-bond acceptors (Lipinski definition) is 3. The maximum absolute atomic E-state index is 5.68. The fourth-order valence-corrected chi connectivity index (χ4v) is 2.51. The molecule has 0 aliphatic heterocycles. The SMILES string of the molecule is CCSc1ccc(CCNCC(CC)CN)cc1. The van der Waals surface area contributed by atoms with Gasteiger partial charge in [0.1, 0.15) is 0 Å². The molecule has 3 heteroatoms. The Kier molecular flexibility index (Phi) is 8.14. The minimum Gasteiger partial charge on any atom is -0.330 e. The lowest BCUT2D eigenvalue weighted by Gasteiger charge is -2.13. The van der Waals surface area contributed by atoms with Gasteiger partial charge in [0.25, 0.3) is 0 Å². The number of thioether (sulfide) groups is 1. The summed E-state index contributed by atoms with van der Waals surface area (Å²) < 4.78 is 0. The first-order chi connectivity index (χ1) is 8.80. The summed E-state index contributed by atoms with van der Waals surface area (Å²) in [6.07, 6.45) is 2.25.